The monoisotopic (exact) mass is 278 g/mol. The van der Waals surface area contributed by atoms with Crippen LogP contribution in [0.4, 0.5) is 0 Å². The van der Waals surface area contributed by atoms with E-state index in [9.17, 15) is 4.79 Å². The van der Waals surface area contributed by atoms with Gasteiger partial charge in [0.1, 0.15) is 6.29 Å². The van der Waals surface area contributed by atoms with Crippen molar-refractivity contribution in [3.05, 3.63) is 24.3 Å². The summed E-state index contributed by atoms with van der Waals surface area (Å²) in [5, 5.41) is 0. The largest absolute Gasteiger partial charge is 0.374 e. The first-order valence-corrected chi connectivity index (χ1v) is 7.66. The minimum atomic E-state index is 0.149. The average molecular weight is 278 g/mol. The summed E-state index contributed by atoms with van der Waals surface area (Å²) in [4.78, 5) is 10.4. The summed E-state index contributed by atoms with van der Waals surface area (Å²) in [7, 11) is 0. The zero-order chi connectivity index (χ0) is 14.5. The first kappa shape index (κ1) is 15.5. The zero-order valence-electron chi connectivity index (χ0n) is 12.5. The molecule has 2 heterocycles. The van der Waals surface area contributed by atoms with Crippen molar-refractivity contribution < 1.29 is 14.3 Å². The van der Waals surface area contributed by atoms with Crippen LogP contribution in [0, 0.1) is 5.92 Å². The molecule has 2 saturated heterocycles. The molecule has 3 nitrogen and oxygen atoms in total. The second kappa shape index (κ2) is 7.19. The maximum Gasteiger partial charge on any atom is 0.120 e. The summed E-state index contributed by atoms with van der Waals surface area (Å²) >= 11 is 0. The highest BCUT2D eigenvalue weighted by Crippen LogP contribution is 2.32. The van der Waals surface area contributed by atoms with Crippen molar-refractivity contribution in [2.75, 3.05) is 6.61 Å². The molecule has 2 rings (SSSR count). The molecular formula is C17H26O3. The number of aldehydes is 1. The van der Waals surface area contributed by atoms with Crippen LogP contribution in [0.15, 0.2) is 24.3 Å². The third kappa shape index (κ3) is 4.03. The van der Waals surface area contributed by atoms with Crippen LogP contribution in [0.3, 0.4) is 0 Å². The Kier molecular flexibility index (Phi) is 5.55. The number of hydrogen-bond donors (Lipinski definition) is 0. The molecule has 2 aliphatic rings. The molecule has 2 fully saturated rings. The number of ether oxygens (including phenoxy) is 2. The van der Waals surface area contributed by atoms with Gasteiger partial charge in [0.05, 0.1) is 24.9 Å². The molecular weight excluding hydrogens is 252 g/mol. The molecule has 20 heavy (non-hydrogen) atoms. The molecule has 0 spiro atoms. The predicted molar refractivity (Wildman–Crippen MR) is 79.6 cm³/mol. The second-order valence-corrected chi connectivity index (χ2v) is 6.16. The van der Waals surface area contributed by atoms with Crippen molar-refractivity contribution in [2.24, 2.45) is 5.92 Å². The summed E-state index contributed by atoms with van der Waals surface area (Å²) in [6.07, 6.45) is 6.96. The fraction of sp³-hybridized carbons (Fsp3) is 0.706. The molecule has 4 atom stereocenters. The van der Waals surface area contributed by atoms with Crippen LogP contribution in [0.2, 0.25) is 0 Å². The number of carbonyl (C=O) groups is 1. The van der Waals surface area contributed by atoms with E-state index in [1.165, 1.54) is 11.1 Å². The van der Waals surface area contributed by atoms with E-state index in [0.29, 0.717) is 25.0 Å². The van der Waals surface area contributed by atoms with Gasteiger partial charge in [0, 0.05) is 6.42 Å². The molecule has 0 N–H and O–H groups in total. The number of carbonyl (C=O) groups excluding carboxylic acids is 1. The van der Waals surface area contributed by atoms with Crippen LogP contribution in [0.1, 0.15) is 45.4 Å². The molecule has 1 unspecified atom stereocenters. The Morgan fingerprint density at radius 1 is 1.20 bits per heavy atom. The van der Waals surface area contributed by atoms with Crippen molar-refractivity contribution in [3.63, 3.8) is 0 Å². The maximum absolute atomic E-state index is 10.4. The van der Waals surface area contributed by atoms with E-state index in [1.54, 1.807) is 0 Å². The van der Waals surface area contributed by atoms with Crippen molar-refractivity contribution >= 4 is 6.29 Å². The molecule has 0 aromatic rings. The van der Waals surface area contributed by atoms with Gasteiger partial charge in [-0.1, -0.05) is 20.1 Å². The van der Waals surface area contributed by atoms with E-state index < -0.39 is 0 Å². The van der Waals surface area contributed by atoms with Crippen molar-refractivity contribution in [1.82, 2.24) is 0 Å². The van der Waals surface area contributed by atoms with Gasteiger partial charge in [-0.2, -0.15) is 0 Å². The van der Waals surface area contributed by atoms with Gasteiger partial charge in [0.2, 0.25) is 0 Å². The Morgan fingerprint density at radius 2 is 2.00 bits per heavy atom. The lowest BCUT2D eigenvalue weighted by atomic mass is 9.91. The molecule has 0 radical (unpaired) electrons. The highest BCUT2D eigenvalue weighted by molar-refractivity contribution is 5.49. The van der Waals surface area contributed by atoms with Gasteiger partial charge in [0.15, 0.2) is 0 Å². The molecule has 0 aromatic heterocycles. The van der Waals surface area contributed by atoms with Crippen LogP contribution in [0.5, 0.6) is 0 Å². The van der Waals surface area contributed by atoms with E-state index in [1.807, 2.05) is 0 Å². The fourth-order valence-electron chi connectivity index (χ4n) is 3.03. The minimum Gasteiger partial charge on any atom is -0.374 e. The van der Waals surface area contributed by atoms with Crippen molar-refractivity contribution in [1.29, 1.82) is 0 Å². The van der Waals surface area contributed by atoms with Crippen LogP contribution in [-0.4, -0.2) is 31.2 Å². The molecule has 3 heteroatoms. The minimum absolute atomic E-state index is 0.149. The highest BCUT2D eigenvalue weighted by Gasteiger charge is 2.30. The topological polar surface area (TPSA) is 35.5 Å². The summed E-state index contributed by atoms with van der Waals surface area (Å²) in [5.41, 5.74) is 2.38. The third-order valence-corrected chi connectivity index (χ3v) is 4.48. The molecule has 2 aliphatic heterocycles. The Morgan fingerprint density at radius 3 is 2.70 bits per heavy atom. The number of rotatable bonds is 6. The van der Waals surface area contributed by atoms with Gasteiger partial charge < -0.3 is 14.3 Å². The Bertz CT molecular complexity index is 374. The van der Waals surface area contributed by atoms with Crippen molar-refractivity contribution in [3.8, 4) is 0 Å². The van der Waals surface area contributed by atoms with Crippen LogP contribution < -0.4 is 0 Å². The molecule has 0 aliphatic carbocycles. The molecule has 0 bridgehead atoms. The average Bonchev–Trinajstić information content (AvgIpc) is 2.78. The van der Waals surface area contributed by atoms with Gasteiger partial charge in [-0.25, -0.2) is 0 Å². The second-order valence-electron chi connectivity index (χ2n) is 6.16. The molecule has 112 valence electrons. The van der Waals surface area contributed by atoms with Crippen LogP contribution in [0.25, 0.3) is 0 Å². The zero-order valence-corrected chi connectivity index (χ0v) is 12.5. The Labute approximate surface area is 122 Å². The van der Waals surface area contributed by atoms with E-state index in [4.69, 9.17) is 9.47 Å². The lowest BCUT2D eigenvalue weighted by Crippen LogP contribution is -2.27. The predicted octanol–water partition coefficient (Wildman–Crippen LogP) is 3.44. The van der Waals surface area contributed by atoms with E-state index in [-0.39, 0.29) is 12.2 Å². The lowest BCUT2D eigenvalue weighted by Gasteiger charge is -2.30. The van der Waals surface area contributed by atoms with Gasteiger partial charge in [-0.05, 0) is 49.2 Å². The quantitative estimate of drug-likeness (QED) is 0.551. The van der Waals surface area contributed by atoms with Gasteiger partial charge in [-0.15, -0.1) is 0 Å². The molecule has 0 saturated carbocycles. The third-order valence-electron chi connectivity index (χ3n) is 4.48. The maximum atomic E-state index is 10.4. The summed E-state index contributed by atoms with van der Waals surface area (Å²) in [6.45, 7) is 11.1. The van der Waals surface area contributed by atoms with Crippen LogP contribution >= 0.6 is 0 Å². The SMILES string of the molecule is C=C1CO[C@@H](CC[C@@H]2OC(CCC=O)CC2=C)C[C@H]1C. The lowest BCUT2D eigenvalue weighted by molar-refractivity contribution is -0.108. The standard InChI is InChI=1S/C17H26O3/c1-12-9-15(19-11-14(12)3)6-7-17-13(2)10-16(20-17)5-4-8-18/h8,12,15-17H,2-7,9-11H2,1H3/t12-,15+,16?,17+/m1/s1. The van der Waals surface area contributed by atoms with E-state index in [2.05, 4.69) is 20.1 Å². The Balaban J connectivity index is 1.72. The van der Waals surface area contributed by atoms with Crippen molar-refractivity contribution in [2.45, 2.75) is 63.8 Å². The molecule has 0 aromatic carbocycles. The summed E-state index contributed by atoms with van der Waals surface area (Å²) < 4.78 is 11.8. The van der Waals surface area contributed by atoms with E-state index >= 15 is 0 Å². The van der Waals surface area contributed by atoms with Crippen LogP contribution in [-0.2, 0) is 14.3 Å². The first-order chi connectivity index (χ1) is 9.60. The highest BCUT2D eigenvalue weighted by atomic mass is 16.5. The van der Waals surface area contributed by atoms with Gasteiger partial charge >= 0.3 is 0 Å². The normalized spacial score (nSPS) is 34.5. The summed E-state index contributed by atoms with van der Waals surface area (Å²) in [6, 6.07) is 0. The molecule has 0 amide bonds. The Hall–Kier alpha value is -0.930. The number of hydrogen-bond acceptors (Lipinski definition) is 3. The van der Waals surface area contributed by atoms with Gasteiger partial charge in [-0.3, -0.25) is 0 Å². The fourth-order valence-corrected chi connectivity index (χ4v) is 3.03. The summed E-state index contributed by atoms with van der Waals surface area (Å²) in [5.74, 6) is 0.557. The van der Waals surface area contributed by atoms with Gasteiger partial charge in [0.25, 0.3) is 0 Å². The first-order valence-electron chi connectivity index (χ1n) is 7.66. The smallest absolute Gasteiger partial charge is 0.120 e. The van der Waals surface area contributed by atoms with E-state index in [0.717, 1.165) is 38.4 Å².